The molecule has 0 bridgehead atoms. The Bertz CT molecular complexity index is 1240. The molecule has 0 unspecified atom stereocenters. The van der Waals surface area contributed by atoms with Crippen LogP contribution in [-0.4, -0.2) is 39.1 Å². The van der Waals surface area contributed by atoms with Crippen LogP contribution in [0, 0.1) is 0 Å². The third kappa shape index (κ3) is 4.55. The summed E-state index contributed by atoms with van der Waals surface area (Å²) in [6, 6.07) is 10.8. The van der Waals surface area contributed by atoms with Crippen molar-refractivity contribution >= 4 is 35.0 Å². The summed E-state index contributed by atoms with van der Waals surface area (Å²) in [5, 5.41) is 14.4. The van der Waals surface area contributed by atoms with Crippen molar-refractivity contribution < 1.29 is 14.0 Å². The third-order valence-corrected chi connectivity index (χ3v) is 6.02. The number of hydrogen-bond donors (Lipinski definition) is 0. The standard InChI is InChI=1S/C21H19Cl2N5O3S/c1-4-18-24-19(31-27-18)11-32-21-26-25-20(14-9-12(22)5-7-16(14)29-2)28(21)13-6-8-17(30-3)15(23)10-13/h5-10H,4,11H2,1-3H3. The number of rotatable bonds is 8. The van der Waals surface area contributed by atoms with Crippen LogP contribution in [-0.2, 0) is 12.2 Å². The van der Waals surface area contributed by atoms with E-state index >= 15 is 0 Å². The third-order valence-electron chi connectivity index (χ3n) is 4.58. The summed E-state index contributed by atoms with van der Waals surface area (Å²) in [6.07, 6.45) is 0.702. The molecular formula is C21H19Cl2N5O3S. The van der Waals surface area contributed by atoms with Crippen LogP contribution in [0.15, 0.2) is 46.1 Å². The highest BCUT2D eigenvalue weighted by Gasteiger charge is 2.21. The number of halogens is 2. The van der Waals surface area contributed by atoms with Crippen molar-refractivity contribution in [3.63, 3.8) is 0 Å². The Morgan fingerprint density at radius 3 is 2.50 bits per heavy atom. The number of thioether (sulfide) groups is 1. The van der Waals surface area contributed by atoms with Gasteiger partial charge >= 0.3 is 0 Å². The van der Waals surface area contributed by atoms with Crippen LogP contribution < -0.4 is 9.47 Å². The first kappa shape index (κ1) is 22.4. The largest absolute Gasteiger partial charge is 0.496 e. The van der Waals surface area contributed by atoms with Gasteiger partial charge in [0.25, 0.3) is 0 Å². The van der Waals surface area contributed by atoms with E-state index in [1.807, 2.05) is 17.6 Å². The smallest absolute Gasteiger partial charge is 0.237 e. The molecule has 166 valence electrons. The Morgan fingerprint density at radius 1 is 1.03 bits per heavy atom. The molecule has 2 aromatic carbocycles. The molecule has 0 aliphatic heterocycles. The van der Waals surface area contributed by atoms with E-state index in [4.69, 9.17) is 37.2 Å². The SMILES string of the molecule is CCc1noc(CSc2nnc(-c3cc(Cl)ccc3OC)n2-c2ccc(OC)c(Cl)c2)n1. The Balaban J connectivity index is 1.80. The maximum absolute atomic E-state index is 6.41. The highest BCUT2D eigenvalue weighted by atomic mass is 35.5. The predicted octanol–water partition coefficient (Wildman–Crippen LogP) is 5.50. The summed E-state index contributed by atoms with van der Waals surface area (Å²) in [5.41, 5.74) is 1.44. The van der Waals surface area contributed by atoms with Crippen LogP contribution in [0.5, 0.6) is 11.5 Å². The van der Waals surface area contributed by atoms with Crippen LogP contribution in [0.1, 0.15) is 18.6 Å². The van der Waals surface area contributed by atoms with E-state index in [1.165, 1.54) is 11.8 Å². The molecule has 0 fully saturated rings. The molecule has 0 atom stereocenters. The van der Waals surface area contributed by atoms with Crippen molar-refractivity contribution in [3.8, 4) is 28.6 Å². The molecule has 0 aliphatic rings. The highest BCUT2D eigenvalue weighted by molar-refractivity contribution is 7.98. The van der Waals surface area contributed by atoms with Crippen LogP contribution >= 0.6 is 35.0 Å². The predicted molar refractivity (Wildman–Crippen MR) is 123 cm³/mol. The number of hydrogen-bond acceptors (Lipinski definition) is 8. The summed E-state index contributed by atoms with van der Waals surface area (Å²) in [6.45, 7) is 1.97. The Kier molecular flexibility index (Phi) is 6.88. The molecule has 0 saturated carbocycles. The lowest BCUT2D eigenvalue weighted by Crippen LogP contribution is -2.01. The molecule has 2 aromatic heterocycles. The second kappa shape index (κ2) is 9.81. The van der Waals surface area contributed by atoms with Gasteiger partial charge in [0.05, 0.1) is 36.2 Å². The molecule has 32 heavy (non-hydrogen) atoms. The molecule has 2 heterocycles. The average Bonchev–Trinajstić information content (AvgIpc) is 3.44. The van der Waals surface area contributed by atoms with Crippen molar-refractivity contribution in [2.24, 2.45) is 0 Å². The van der Waals surface area contributed by atoms with Gasteiger partial charge in [0.2, 0.25) is 5.89 Å². The number of nitrogens with zero attached hydrogens (tertiary/aromatic N) is 5. The number of methoxy groups -OCH3 is 2. The monoisotopic (exact) mass is 491 g/mol. The molecule has 0 spiro atoms. The summed E-state index contributed by atoms with van der Waals surface area (Å²) in [4.78, 5) is 4.36. The summed E-state index contributed by atoms with van der Waals surface area (Å²) < 4.78 is 18.0. The number of aryl methyl sites for hydroxylation is 1. The van der Waals surface area contributed by atoms with Crippen molar-refractivity contribution in [3.05, 3.63) is 58.2 Å². The van der Waals surface area contributed by atoms with Gasteiger partial charge in [0.1, 0.15) is 11.5 Å². The summed E-state index contributed by atoms with van der Waals surface area (Å²) in [7, 11) is 3.16. The molecule has 0 saturated heterocycles. The lowest BCUT2D eigenvalue weighted by molar-refractivity contribution is 0.385. The van der Waals surface area contributed by atoms with Gasteiger partial charge in [-0.3, -0.25) is 4.57 Å². The quantitative estimate of drug-likeness (QED) is 0.298. The Morgan fingerprint density at radius 2 is 1.81 bits per heavy atom. The van der Waals surface area contributed by atoms with Crippen molar-refractivity contribution in [1.29, 1.82) is 0 Å². The van der Waals surface area contributed by atoms with Crippen LogP contribution in [0.4, 0.5) is 0 Å². The first-order valence-corrected chi connectivity index (χ1v) is 11.4. The highest BCUT2D eigenvalue weighted by Crippen LogP contribution is 2.37. The summed E-state index contributed by atoms with van der Waals surface area (Å²) >= 11 is 14.1. The van der Waals surface area contributed by atoms with E-state index in [9.17, 15) is 0 Å². The zero-order chi connectivity index (χ0) is 22.7. The van der Waals surface area contributed by atoms with Gasteiger partial charge in [0.15, 0.2) is 16.8 Å². The van der Waals surface area contributed by atoms with Gasteiger partial charge in [-0.05, 0) is 36.4 Å². The van der Waals surface area contributed by atoms with Crippen LogP contribution in [0.25, 0.3) is 17.1 Å². The van der Waals surface area contributed by atoms with E-state index in [1.54, 1.807) is 44.6 Å². The van der Waals surface area contributed by atoms with Gasteiger partial charge < -0.3 is 14.0 Å². The average molecular weight is 492 g/mol. The zero-order valence-electron chi connectivity index (χ0n) is 17.5. The van der Waals surface area contributed by atoms with E-state index in [-0.39, 0.29) is 0 Å². The molecule has 11 heteroatoms. The Hall–Kier alpha value is -2.75. The van der Waals surface area contributed by atoms with Crippen molar-refractivity contribution in [2.75, 3.05) is 14.2 Å². The normalized spacial score (nSPS) is 11.0. The summed E-state index contributed by atoms with van der Waals surface area (Å²) in [5.74, 6) is 3.33. The molecular weight excluding hydrogens is 473 g/mol. The second-order valence-electron chi connectivity index (χ2n) is 6.55. The fourth-order valence-corrected chi connectivity index (χ4v) is 4.25. The van der Waals surface area contributed by atoms with Gasteiger partial charge in [-0.25, -0.2) is 0 Å². The molecule has 0 amide bonds. The molecule has 4 rings (SSSR count). The lowest BCUT2D eigenvalue weighted by atomic mass is 10.2. The topological polar surface area (TPSA) is 88.1 Å². The number of aromatic nitrogens is 5. The fraction of sp³-hybridized carbons (Fsp3) is 0.238. The molecule has 8 nitrogen and oxygen atoms in total. The zero-order valence-corrected chi connectivity index (χ0v) is 19.8. The Labute approximate surface area is 198 Å². The van der Waals surface area contributed by atoms with Gasteiger partial charge in [-0.1, -0.05) is 47.0 Å². The minimum absolute atomic E-state index is 0.432. The van der Waals surface area contributed by atoms with Crippen LogP contribution in [0.3, 0.4) is 0 Å². The van der Waals surface area contributed by atoms with Gasteiger partial charge in [-0.15, -0.1) is 10.2 Å². The van der Waals surface area contributed by atoms with Crippen LogP contribution in [0.2, 0.25) is 10.0 Å². The van der Waals surface area contributed by atoms with E-state index < -0.39 is 0 Å². The molecule has 4 aromatic rings. The molecule has 0 N–H and O–H groups in total. The van der Waals surface area contributed by atoms with Crippen molar-refractivity contribution in [2.45, 2.75) is 24.3 Å². The minimum atomic E-state index is 0.432. The van der Waals surface area contributed by atoms with E-state index in [0.29, 0.717) is 62.0 Å². The minimum Gasteiger partial charge on any atom is -0.496 e. The number of benzene rings is 2. The first-order valence-electron chi connectivity index (χ1n) is 9.61. The van der Waals surface area contributed by atoms with Gasteiger partial charge in [-0.2, -0.15) is 4.98 Å². The van der Waals surface area contributed by atoms with E-state index in [0.717, 1.165) is 5.69 Å². The first-order chi connectivity index (χ1) is 15.5. The maximum Gasteiger partial charge on any atom is 0.237 e. The number of ether oxygens (including phenoxy) is 2. The molecule has 0 aliphatic carbocycles. The van der Waals surface area contributed by atoms with Gasteiger partial charge in [0, 0.05) is 11.4 Å². The van der Waals surface area contributed by atoms with E-state index in [2.05, 4.69) is 20.3 Å². The lowest BCUT2D eigenvalue weighted by Gasteiger charge is -2.14. The van der Waals surface area contributed by atoms with Crippen molar-refractivity contribution in [1.82, 2.24) is 24.9 Å². The second-order valence-corrected chi connectivity index (χ2v) is 8.34. The molecule has 0 radical (unpaired) electrons. The fourth-order valence-electron chi connectivity index (χ4n) is 3.04. The maximum atomic E-state index is 6.41.